The van der Waals surface area contributed by atoms with E-state index in [1.807, 2.05) is 24.3 Å². The summed E-state index contributed by atoms with van der Waals surface area (Å²) in [5.74, 6) is 6.35. The smallest absolute Gasteiger partial charge is 0.266 e. The normalized spacial score (nSPS) is 15.1. The molecule has 1 aliphatic rings. The second-order valence-electron chi connectivity index (χ2n) is 2.45. The number of nitrogens with two attached hydrogens (primary N) is 1. The molecular formula is C8H9NO3. The monoisotopic (exact) mass is 167 g/mol. The zero-order chi connectivity index (χ0) is 8.39. The minimum absolute atomic E-state index is 0.231. The van der Waals surface area contributed by atoms with Crippen LogP contribution in [0.2, 0.25) is 0 Å². The summed E-state index contributed by atoms with van der Waals surface area (Å²) in [4.78, 5) is 4.41. The van der Waals surface area contributed by atoms with E-state index in [4.69, 9.17) is 15.4 Å². The van der Waals surface area contributed by atoms with Gasteiger partial charge in [0.05, 0.1) is 0 Å². The van der Waals surface area contributed by atoms with Gasteiger partial charge >= 0.3 is 0 Å². The molecule has 4 heteroatoms. The predicted octanol–water partition coefficient (Wildman–Crippen LogP) is 0.674. The molecule has 2 rings (SSSR count). The summed E-state index contributed by atoms with van der Waals surface area (Å²) < 4.78 is 10.6. The molecule has 1 aromatic rings. The highest BCUT2D eigenvalue weighted by molar-refractivity contribution is 5.41. The van der Waals surface area contributed by atoms with Crippen LogP contribution in [0, 0.1) is 0 Å². The van der Waals surface area contributed by atoms with Gasteiger partial charge in [0.25, 0.3) is 6.29 Å². The van der Waals surface area contributed by atoms with Crippen molar-refractivity contribution in [1.29, 1.82) is 0 Å². The topological polar surface area (TPSA) is 53.7 Å². The third kappa shape index (κ3) is 1.22. The maximum Gasteiger partial charge on any atom is 0.266 e. The average Bonchev–Trinajstić information content (AvgIpc) is 2.47. The molecule has 4 nitrogen and oxygen atoms in total. The average molecular weight is 167 g/mol. The standard InChI is InChI=1S/C8H9NO3/c9-10-5-8-11-6-3-1-2-4-7(6)12-8/h1-4,8H,5,9H2. The Morgan fingerprint density at radius 1 is 1.25 bits per heavy atom. The Morgan fingerprint density at radius 3 is 2.33 bits per heavy atom. The summed E-state index contributed by atoms with van der Waals surface area (Å²) >= 11 is 0. The van der Waals surface area contributed by atoms with Crippen LogP contribution in [0.3, 0.4) is 0 Å². The quantitative estimate of drug-likeness (QED) is 0.658. The second kappa shape index (κ2) is 3.00. The van der Waals surface area contributed by atoms with Crippen LogP contribution in [0.25, 0.3) is 0 Å². The molecule has 1 heterocycles. The first-order valence-electron chi connectivity index (χ1n) is 3.64. The molecule has 0 bridgehead atoms. The first-order chi connectivity index (χ1) is 5.90. The number of hydrogen-bond acceptors (Lipinski definition) is 4. The zero-order valence-electron chi connectivity index (χ0n) is 6.40. The molecule has 0 fully saturated rings. The summed E-state index contributed by atoms with van der Waals surface area (Å²) in [5.41, 5.74) is 0. The van der Waals surface area contributed by atoms with Gasteiger partial charge in [-0.3, -0.25) is 4.84 Å². The number of fused-ring (bicyclic) bond motifs is 1. The molecule has 64 valence electrons. The first kappa shape index (κ1) is 7.39. The van der Waals surface area contributed by atoms with E-state index < -0.39 is 6.29 Å². The molecule has 0 atom stereocenters. The van der Waals surface area contributed by atoms with Gasteiger partial charge in [-0.2, -0.15) is 0 Å². The molecule has 2 N–H and O–H groups in total. The molecule has 0 aliphatic carbocycles. The molecule has 0 saturated carbocycles. The summed E-state index contributed by atoms with van der Waals surface area (Å²) in [6.07, 6.45) is -0.410. The Labute approximate surface area is 69.8 Å². The van der Waals surface area contributed by atoms with Crippen LogP contribution in [0.1, 0.15) is 0 Å². The summed E-state index contributed by atoms with van der Waals surface area (Å²) in [5, 5.41) is 0. The summed E-state index contributed by atoms with van der Waals surface area (Å²) in [6.45, 7) is 0.231. The van der Waals surface area contributed by atoms with Crippen LogP contribution in [0.15, 0.2) is 24.3 Å². The van der Waals surface area contributed by atoms with Gasteiger partial charge < -0.3 is 9.47 Å². The van der Waals surface area contributed by atoms with Crippen molar-refractivity contribution in [1.82, 2.24) is 0 Å². The van der Waals surface area contributed by atoms with E-state index in [-0.39, 0.29) is 6.61 Å². The van der Waals surface area contributed by atoms with E-state index in [1.165, 1.54) is 0 Å². The Morgan fingerprint density at radius 2 is 1.83 bits per heavy atom. The van der Waals surface area contributed by atoms with Gasteiger partial charge in [-0.05, 0) is 12.1 Å². The van der Waals surface area contributed by atoms with Gasteiger partial charge in [-0.25, -0.2) is 5.90 Å². The third-order valence-corrected chi connectivity index (χ3v) is 1.60. The maximum absolute atomic E-state index is 5.32. The van der Waals surface area contributed by atoms with Crippen molar-refractivity contribution in [2.24, 2.45) is 5.90 Å². The van der Waals surface area contributed by atoms with Crippen molar-refractivity contribution in [3.63, 3.8) is 0 Å². The number of rotatable bonds is 2. The number of para-hydroxylation sites is 2. The van der Waals surface area contributed by atoms with Crippen molar-refractivity contribution < 1.29 is 14.3 Å². The van der Waals surface area contributed by atoms with E-state index >= 15 is 0 Å². The third-order valence-electron chi connectivity index (χ3n) is 1.60. The van der Waals surface area contributed by atoms with Crippen LogP contribution >= 0.6 is 0 Å². The Bertz CT molecular complexity index is 252. The van der Waals surface area contributed by atoms with Gasteiger partial charge in [0, 0.05) is 0 Å². The van der Waals surface area contributed by atoms with Gasteiger partial charge in [-0.1, -0.05) is 12.1 Å². The molecule has 0 saturated heterocycles. The minimum Gasteiger partial charge on any atom is -0.448 e. The largest absolute Gasteiger partial charge is 0.448 e. The molecule has 12 heavy (non-hydrogen) atoms. The lowest BCUT2D eigenvalue weighted by Gasteiger charge is -2.06. The summed E-state index contributed by atoms with van der Waals surface area (Å²) in [6, 6.07) is 7.44. The first-order valence-corrected chi connectivity index (χ1v) is 3.64. The SMILES string of the molecule is NOCC1Oc2ccccc2O1. The lowest BCUT2D eigenvalue weighted by atomic mass is 10.3. The molecule has 0 aromatic heterocycles. The molecule has 0 amide bonds. The van der Waals surface area contributed by atoms with Crippen LogP contribution < -0.4 is 15.4 Å². The Kier molecular flexibility index (Phi) is 1.85. The fraction of sp³-hybridized carbons (Fsp3) is 0.250. The molecule has 0 radical (unpaired) electrons. The highest BCUT2D eigenvalue weighted by Gasteiger charge is 2.22. The van der Waals surface area contributed by atoms with Gasteiger partial charge in [0.2, 0.25) is 0 Å². The van der Waals surface area contributed by atoms with Crippen molar-refractivity contribution >= 4 is 0 Å². The van der Waals surface area contributed by atoms with E-state index in [2.05, 4.69) is 4.84 Å². The van der Waals surface area contributed by atoms with Gasteiger partial charge in [0.15, 0.2) is 11.5 Å². The maximum atomic E-state index is 5.32. The van der Waals surface area contributed by atoms with E-state index in [0.29, 0.717) is 0 Å². The fourth-order valence-corrected chi connectivity index (χ4v) is 1.10. The van der Waals surface area contributed by atoms with Crippen LogP contribution in [0.4, 0.5) is 0 Å². The lowest BCUT2D eigenvalue weighted by Crippen LogP contribution is -2.26. The molecule has 1 aliphatic heterocycles. The zero-order valence-corrected chi connectivity index (χ0v) is 6.40. The van der Waals surface area contributed by atoms with Crippen molar-refractivity contribution in [2.75, 3.05) is 6.61 Å². The highest BCUT2D eigenvalue weighted by atomic mass is 16.7. The molecular weight excluding hydrogens is 158 g/mol. The Balaban J connectivity index is 2.11. The fourth-order valence-electron chi connectivity index (χ4n) is 1.10. The van der Waals surface area contributed by atoms with Gasteiger partial charge in [0.1, 0.15) is 6.61 Å². The molecule has 0 unspecified atom stereocenters. The highest BCUT2D eigenvalue weighted by Crippen LogP contribution is 2.33. The van der Waals surface area contributed by atoms with Gasteiger partial charge in [-0.15, -0.1) is 0 Å². The lowest BCUT2D eigenvalue weighted by molar-refractivity contribution is -0.0337. The number of hydrogen-bond donors (Lipinski definition) is 1. The van der Waals surface area contributed by atoms with Crippen molar-refractivity contribution in [3.05, 3.63) is 24.3 Å². The van der Waals surface area contributed by atoms with E-state index in [1.54, 1.807) is 0 Å². The van der Waals surface area contributed by atoms with E-state index in [9.17, 15) is 0 Å². The van der Waals surface area contributed by atoms with Crippen molar-refractivity contribution in [3.8, 4) is 11.5 Å². The predicted molar refractivity (Wildman–Crippen MR) is 41.6 cm³/mol. The molecule has 0 spiro atoms. The minimum atomic E-state index is -0.410. The number of benzene rings is 1. The summed E-state index contributed by atoms with van der Waals surface area (Å²) in [7, 11) is 0. The van der Waals surface area contributed by atoms with Crippen LogP contribution in [-0.2, 0) is 4.84 Å². The Hall–Kier alpha value is -1.26. The van der Waals surface area contributed by atoms with Crippen LogP contribution in [0.5, 0.6) is 11.5 Å². The van der Waals surface area contributed by atoms with Crippen molar-refractivity contribution in [2.45, 2.75) is 6.29 Å². The van der Waals surface area contributed by atoms with Crippen LogP contribution in [-0.4, -0.2) is 12.9 Å². The van der Waals surface area contributed by atoms with E-state index in [0.717, 1.165) is 11.5 Å². The second-order valence-corrected chi connectivity index (χ2v) is 2.45. The number of ether oxygens (including phenoxy) is 2. The molecule has 1 aromatic carbocycles.